The van der Waals surface area contributed by atoms with E-state index in [1.54, 1.807) is 0 Å². The molecule has 27 heavy (non-hydrogen) atoms. The normalized spacial score (nSPS) is 13.5. The van der Waals surface area contributed by atoms with Crippen molar-refractivity contribution in [2.45, 2.75) is 32.5 Å². The molecule has 0 aliphatic carbocycles. The first-order valence-corrected chi connectivity index (χ1v) is 7.64. The molecule has 0 aliphatic heterocycles. The van der Waals surface area contributed by atoms with Gasteiger partial charge in [-0.25, -0.2) is 22.8 Å². The van der Waals surface area contributed by atoms with Gasteiger partial charge in [-0.05, 0) is 26.0 Å². The molecule has 0 saturated heterocycles. The van der Waals surface area contributed by atoms with Crippen molar-refractivity contribution in [3.8, 4) is 0 Å². The summed E-state index contributed by atoms with van der Waals surface area (Å²) >= 11 is 0. The number of nitrogens with zero attached hydrogens (tertiary/aromatic N) is 3. The summed E-state index contributed by atoms with van der Waals surface area (Å²) in [5.41, 5.74) is -3.27. The van der Waals surface area contributed by atoms with Crippen LogP contribution in [0.15, 0.2) is 23.0 Å². The van der Waals surface area contributed by atoms with Crippen LogP contribution in [0.3, 0.4) is 0 Å². The Balaban J connectivity index is 2.20. The predicted octanol–water partition coefficient (Wildman–Crippen LogP) is 4.13. The fraction of sp³-hybridized carbons (Fsp3) is 0.312. The first-order valence-electron chi connectivity index (χ1n) is 7.64. The van der Waals surface area contributed by atoms with E-state index in [0.717, 1.165) is 10.7 Å². The van der Waals surface area contributed by atoms with Gasteiger partial charge in [0, 0.05) is 5.56 Å². The van der Waals surface area contributed by atoms with Gasteiger partial charge in [-0.1, -0.05) is 6.07 Å². The van der Waals surface area contributed by atoms with Crippen LogP contribution in [0.2, 0.25) is 0 Å². The maximum Gasteiger partial charge on any atom is 0.416 e. The molecular formula is C16H12F6N4O. The molecule has 11 heteroatoms. The average molecular weight is 390 g/mol. The number of fused-ring (bicyclic) bond motifs is 1. The first kappa shape index (κ1) is 18.9. The van der Waals surface area contributed by atoms with E-state index in [-0.39, 0.29) is 17.0 Å². The smallest absolute Gasteiger partial charge is 0.310 e. The Labute approximate surface area is 147 Å². The molecule has 1 unspecified atom stereocenters. The van der Waals surface area contributed by atoms with Gasteiger partial charge >= 0.3 is 6.18 Å². The number of aromatic amines is 1. The SMILES string of the molecule is Cc1nc2c(c(C(F)F)nn2C(C)c2ccc(C(F)(F)F)cc2F)c(=O)[nH]1. The van der Waals surface area contributed by atoms with Crippen molar-refractivity contribution in [2.75, 3.05) is 0 Å². The van der Waals surface area contributed by atoms with Crippen LogP contribution in [0.1, 0.15) is 42.0 Å². The summed E-state index contributed by atoms with van der Waals surface area (Å²) in [6.07, 6.45) is -7.82. The molecule has 1 aromatic carbocycles. The summed E-state index contributed by atoms with van der Waals surface area (Å²) in [7, 11) is 0. The molecule has 1 N–H and O–H groups in total. The minimum absolute atomic E-state index is 0.120. The summed E-state index contributed by atoms with van der Waals surface area (Å²) in [4.78, 5) is 18.3. The zero-order valence-corrected chi connectivity index (χ0v) is 13.9. The molecule has 0 radical (unpaired) electrons. The van der Waals surface area contributed by atoms with Gasteiger partial charge in [-0.3, -0.25) is 4.79 Å². The largest absolute Gasteiger partial charge is 0.416 e. The van der Waals surface area contributed by atoms with Crippen LogP contribution >= 0.6 is 0 Å². The molecule has 0 fully saturated rings. The lowest BCUT2D eigenvalue weighted by Crippen LogP contribution is -2.15. The number of benzene rings is 1. The average Bonchev–Trinajstić information content (AvgIpc) is 2.93. The number of hydrogen-bond acceptors (Lipinski definition) is 3. The molecule has 0 amide bonds. The molecule has 0 saturated carbocycles. The molecule has 3 rings (SSSR count). The Bertz CT molecular complexity index is 1070. The minimum Gasteiger partial charge on any atom is -0.310 e. The molecule has 3 aromatic rings. The van der Waals surface area contributed by atoms with Crippen LogP contribution < -0.4 is 5.56 Å². The Morgan fingerprint density at radius 2 is 1.89 bits per heavy atom. The Morgan fingerprint density at radius 3 is 2.44 bits per heavy atom. The lowest BCUT2D eigenvalue weighted by atomic mass is 10.0. The number of alkyl halides is 5. The number of halogens is 6. The lowest BCUT2D eigenvalue weighted by molar-refractivity contribution is -0.137. The lowest BCUT2D eigenvalue weighted by Gasteiger charge is -2.16. The number of H-pyrrole nitrogens is 1. The summed E-state index contributed by atoms with van der Waals surface area (Å²) in [5, 5.41) is 3.23. The Morgan fingerprint density at radius 1 is 1.22 bits per heavy atom. The highest BCUT2D eigenvalue weighted by atomic mass is 19.4. The Hall–Kier alpha value is -2.85. The first-order chi connectivity index (χ1) is 12.5. The van der Waals surface area contributed by atoms with E-state index in [4.69, 9.17) is 0 Å². The van der Waals surface area contributed by atoms with Gasteiger partial charge in [0.25, 0.3) is 12.0 Å². The summed E-state index contributed by atoms with van der Waals surface area (Å²) in [6.45, 7) is 2.77. The van der Waals surface area contributed by atoms with Crippen molar-refractivity contribution in [1.29, 1.82) is 0 Å². The third-order valence-corrected chi connectivity index (χ3v) is 4.06. The highest BCUT2D eigenvalue weighted by molar-refractivity contribution is 5.77. The number of rotatable bonds is 3. The molecule has 0 bridgehead atoms. The van der Waals surface area contributed by atoms with Gasteiger partial charge in [-0.2, -0.15) is 18.3 Å². The van der Waals surface area contributed by atoms with Crippen molar-refractivity contribution in [1.82, 2.24) is 19.7 Å². The van der Waals surface area contributed by atoms with Gasteiger partial charge in [0.05, 0.1) is 11.6 Å². The predicted molar refractivity (Wildman–Crippen MR) is 83.1 cm³/mol. The quantitative estimate of drug-likeness (QED) is 0.684. The van der Waals surface area contributed by atoms with Gasteiger partial charge in [0.15, 0.2) is 5.65 Å². The number of nitrogens with one attached hydrogen (secondary N) is 1. The summed E-state index contributed by atoms with van der Waals surface area (Å²) in [6, 6.07) is 0.811. The van der Waals surface area contributed by atoms with Crippen molar-refractivity contribution in [3.05, 3.63) is 57.0 Å². The number of aryl methyl sites for hydroxylation is 1. The maximum absolute atomic E-state index is 14.3. The zero-order chi connectivity index (χ0) is 20.1. The second kappa shape index (κ2) is 6.39. The number of hydrogen-bond donors (Lipinski definition) is 1. The highest BCUT2D eigenvalue weighted by Crippen LogP contribution is 2.33. The second-order valence-corrected chi connectivity index (χ2v) is 5.89. The third-order valence-electron chi connectivity index (χ3n) is 4.06. The van der Waals surface area contributed by atoms with E-state index >= 15 is 0 Å². The molecular weight excluding hydrogens is 378 g/mol. The van der Waals surface area contributed by atoms with Crippen molar-refractivity contribution >= 4 is 11.0 Å². The topological polar surface area (TPSA) is 63.6 Å². The van der Waals surface area contributed by atoms with Crippen LogP contribution in [-0.2, 0) is 6.18 Å². The van der Waals surface area contributed by atoms with Gasteiger partial charge in [-0.15, -0.1) is 0 Å². The molecule has 2 aromatic heterocycles. The maximum atomic E-state index is 14.3. The van der Waals surface area contributed by atoms with E-state index in [0.29, 0.717) is 12.1 Å². The van der Waals surface area contributed by atoms with Gasteiger partial charge in [0.2, 0.25) is 0 Å². The van der Waals surface area contributed by atoms with Crippen molar-refractivity contribution in [3.63, 3.8) is 0 Å². The van der Waals surface area contributed by atoms with E-state index in [9.17, 15) is 31.1 Å². The third kappa shape index (κ3) is 3.28. The standard InChI is InChI=1S/C16H12F6N4O/c1-6(9-4-3-8(5-10(9)17)16(20,21)22)26-14-11(12(25-26)13(18)19)15(27)24-7(2)23-14/h3-6,13H,1-2H3,(H,23,24,27). The molecule has 1 atom stereocenters. The fourth-order valence-electron chi connectivity index (χ4n) is 2.78. The van der Waals surface area contributed by atoms with Crippen molar-refractivity contribution < 1.29 is 26.3 Å². The molecule has 5 nitrogen and oxygen atoms in total. The highest BCUT2D eigenvalue weighted by Gasteiger charge is 2.32. The van der Waals surface area contributed by atoms with E-state index in [1.807, 2.05) is 0 Å². The minimum atomic E-state index is -4.73. The van der Waals surface area contributed by atoms with Crippen LogP contribution in [0.25, 0.3) is 11.0 Å². The summed E-state index contributed by atoms with van der Waals surface area (Å²) < 4.78 is 79.8. The van der Waals surface area contributed by atoms with Gasteiger partial charge < -0.3 is 4.98 Å². The summed E-state index contributed by atoms with van der Waals surface area (Å²) in [5.74, 6) is -1.06. The number of aromatic nitrogens is 4. The monoisotopic (exact) mass is 390 g/mol. The molecule has 0 aliphatic rings. The van der Waals surface area contributed by atoms with Crippen LogP contribution in [0.4, 0.5) is 26.3 Å². The van der Waals surface area contributed by atoms with E-state index < -0.39 is 46.7 Å². The van der Waals surface area contributed by atoms with Crippen molar-refractivity contribution in [2.24, 2.45) is 0 Å². The molecule has 2 heterocycles. The second-order valence-electron chi connectivity index (χ2n) is 5.89. The van der Waals surface area contributed by atoms with Crippen LogP contribution in [0, 0.1) is 12.7 Å². The molecule has 144 valence electrons. The zero-order valence-electron chi connectivity index (χ0n) is 13.9. The fourth-order valence-corrected chi connectivity index (χ4v) is 2.78. The van der Waals surface area contributed by atoms with Crippen LogP contribution in [-0.4, -0.2) is 19.7 Å². The Kier molecular flexibility index (Phi) is 4.48. The van der Waals surface area contributed by atoms with Crippen LogP contribution in [0.5, 0.6) is 0 Å². The molecule has 0 spiro atoms. The van der Waals surface area contributed by atoms with E-state index in [1.165, 1.54) is 13.8 Å². The van der Waals surface area contributed by atoms with E-state index in [2.05, 4.69) is 15.1 Å². The van der Waals surface area contributed by atoms with Gasteiger partial charge in [0.1, 0.15) is 22.7 Å².